The second-order valence-electron chi connectivity index (χ2n) is 1.16. The number of hydrogen-bond donors (Lipinski definition) is 0. The summed E-state index contributed by atoms with van der Waals surface area (Å²) in [5.41, 5.74) is 0. The number of thiocarbonyl (C=S) groups is 1. The Kier molecular flexibility index (Phi) is 8.90. The van der Waals surface area contributed by atoms with Gasteiger partial charge in [0.05, 0.1) is 0 Å². The quantitative estimate of drug-likeness (QED) is 0.296. The second kappa shape index (κ2) is 5.54. The molecule has 0 aliphatic rings. The molecule has 4 heteroatoms. The van der Waals surface area contributed by atoms with Crippen molar-refractivity contribution in [3.8, 4) is 0 Å². The zero-order chi connectivity index (χ0) is 5.15. The van der Waals surface area contributed by atoms with E-state index in [-0.39, 0.29) is 29.6 Å². The van der Waals surface area contributed by atoms with Crippen molar-refractivity contribution in [2.24, 2.45) is 0 Å². The van der Waals surface area contributed by atoms with E-state index in [0.29, 0.717) is 0 Å². The van der Waals surface area contributed by atoms with Crippen molar-refractivity contribution in [1.82, 2.24) is 4.90 Å². The van der Waals surface area contributed by atoms with E-state index in [9.17, 15) is 0 Å². The van der Waals surface area contributed by atoms with Gasteiger partial charge < -0.3 is 0 Å². The van der Waals surface area contributed by atoms with E-state index in [4.69, 9.17) is 0 Å². The summed E-state index contributed by atoms with van der Waals surface area (Å²) in [5.74, 6) is 0. The Morgan fingerprint density at radius 3 is 1.71 bits per heavy atom. The summed E-state index contributed by atoms with van der Waals surface area (Å²) < 4.78 is 0.801. The topological polar surface area (TPSA) is 3.24 Å². The number of hydrogen-bond acceptors (Lipinski definition) is 1. The fraction of sp³-hybridized carbons (Fsp3) is 0.667. The molecule has 36 valence electrons. The van der Waals surface area contributed by atoms with Crippen molar-refractivity contribution in [2.45, 2.75) is 0 Å². The first kappa shape index (κ1) is 11.2. The van der Waals surface area contributed by atoms with Gasteiger partial charge in [-0.1, -0.05) is 0 Å². The number of rotatable bonds is 0. The maximum absolute atomic E-state index is 4.69. The monoisotopic (exact) mass is 191 g/mol. The molecule has 0 rings (SSSR count). The molecule has 0 amide bonds. The normalized spacial score (nSPS) is 6.57. The van der Waals surface area contributed by atoms with Crippen LogP contribution in [0.15, 0.2) is 0 Å². The molecule has 0 N–H and O–H groups in total. The van der Waals surface area contributed by atoms with Crippen LogP contribution in [-0.2, 0) is 0 Å². The summed E-state index contributed by atoms with van der Waals surface area (Å²) in [6.07, 6.45) is 0. The van der Waals surface area contributed by atoms with E-state index >= 15 is 0 Å². The molecule has 0 atom stereocenters. The Labute approximate surface area is 79.9 Å². The molecule has 0 radical (unpaired) electrons. The van der Waals surface area contributed by atoms with Crippen LogP contribution in [0.25, 0.3) is 0 Å². The van der Waals surface area contributed by atoms with E-state index in [2.05, 4.69) is 28.2 Å². The van der Waals surface area contributed by atoms with Crippen LogP contribution in [0.4, 0.5) is 0 Å². The summed E-state index contributed by atoms with van der Waals surface area (Å²) in [7, 11) is 3.80. The van der Waals surface area contributed by atoms with Gasteiger partial charge in [-0.3, -0.25) is 0 Å². The molecule has 0 aliphatic heterocycles. The minimum absolute atomic E-state index is 0. The maximum Gasteiger partial charge on any atom is 1.00 e. The summed E-state index contributed by atoms with van der Waals surface area (Å²) in [6.45, 7) is 0. The third kappa shape index (κ3) is 7.41. The SMILES string of the molecule is CN(C)C(=S)[Se-].[Na+]. The van der Waals surface area contributed by atoms with E-state index in [1.165, 1.54) is 0 Å². The Bertz CT molecular complexity index is 66.0. The predicted molar refractivity (Wildman–Crippen MR) is 32.0 cm³/mol. The van der Waals surface area contributed by atoms with Gasteiger partial charge in [0.25, 0.3) is 0 Å². The van der Waals surface area contributed by atoms with Crippen molar-refractivity contribution in [2.75, 3.05) is 14.1 Å². The smallest absolute Gasteiger partial charge is 1.00 e. The molecule has 0 aromatic heterocycles. The van der Waals surface area contributed by atoms with Crippen LogP contribution in [0, 0.1) is 0 Å². The van der Waals surface area contributed by atoms with Crippen molar-refractivity contribution >= 4 is 32.1 Å². The standard InChI is InChI=1S/C3H7NSSe.Na/c1-4(2)3(5)6;/h1-2H3,(H,5,6);/q;+1/p-1. The molecule has 0 aromatic carbocycles. The summed E-state index contributed by atoms with van der Waals surface area (Å²) in [6, 6.07) is 0. The van der Waals surface area contributed by atoms with Gasteiger partial charge in [-0.15, -0.1) is 0 Å². The zero-order valence-corrected chi connectivity index (χ0v) is 9.29. The molecule has 0 spiro atoms. The molecule has 0 heterocycles. The second-order valence-corrected chi connectivity index (χ2v) is 2.94. The van der Waals surface area contributed by atoms with Gasteiger partial charge in [-0.05, 0) is 0 Å². The molecule has 1 nitrogen and oxygen atoms in total. The average molecular weight is 190 g/mol. The molecule has 0 unspecified atom stereocenters. The van der Waals surface area contributed by atoms with Crippen LogP contribution in [0.5, 0.6) is 0 Å². The predicted octanol–water partition coefficient (Wildman–Crippen LogP) is -2.99. The molecular formula is C3H6NNaSSe. The van der Waals surface area contributed by atoms with Crippen LogP contribution in [0.1, 0.15) is 0 Å². The van der Waals surface area contributed by atoms with Crippen molar-refractivity contribution in [1.29, 1.82) is 0 Å². The molecule has 0 fully saturated rings. The maximum atomic E-state index is 4.69. The average Bonchev–Trinajstić information content (AvgIpc) is 1.36. The van der Waals surface area contributed by atoms with Gasteiger partial charge in [0, 0.05) is 0 Å². The van der Waals surface area contributed by atoms with E-state index in [1.54, 1.807) is 0 Å². The molecular weight excluding hydrogens is 184 g/mol. The molecule has 0 bridgehead atoms. The van der Waals surface area contributed by atoms with Gasteiger partial charge >= 0.3 is 80.7 Å². The minimum atomic E-state index is 0. The third-order valence-corrected chi connectivity index (χ3v) is 1.50. The van der Waals surface area contributed by atoms with Gasteiger partial charge in [-0.25, -0.2) is 0 Å². The van der Waals surface area contributed by atoms with Crippen molar-refractivity contribution < 1.29 is 29.6 Å². The molecule has 0 saturated heterocycles. The largest absolute Gasteiger partial charge is 1.00 e. The zero-order valence-electron chi connectivity index (χ0n) is 4.76. The third-order valence-electron chi connectivity index (χ3n) is 0.365. The van der Waals surface area contributed by atoms with Crippen LogP contribution < -0.4 is 29.6 Å². The van der Waals surface area contributed by atoms with Crippen LogP contribution in [-0.4, -0.2) is 38.9 Å². The number of nitrogens with zero attached hydrogens (tertiary/aromatic N) is 1. The van der Waals surface area contributed by atoms with Crippen molar-refractivity contribution in [3.05, 3.63) is 0 Å². The van der Waals surface area contributed by atoms with Gasteiger partial charge in [0.15, 0.2) is 0 Å². The first-order valence-corrected chi connectivity index (χ1v) is 2.79. The Hall–Kier alpha value is 1.41. The van der Waals surface area contributed by atoms with Gasteiger partial charge in [-0.2, -0.15) is 0 Å². The van der Waals surface area contributed by atoms with Crippen LogP contribution in [0.2, 0.25) is 0 Å². The van der Waals surface area contributed by atoms with Gasteiger partial charge in [0.2, 0.25) is 0 Å². The summed E-state index contributed by atoms with van der Waals surface area (Å²) in [4.78, 5) is 1.84. The summed E-state index contributed by atoms with van der Waals surface area (Å²) >= 11 is 7.39. The van der Waals surface area contributed by atoms with E-state index in [1.807, 2.05) is 19.0 Å². The Morgan fingerprint density at radius 1 is 1.57 bits per heavy atom. The Morgan fingerprint density at radius 2 is 1.71 bits per heavy atom. The van der Waals surface area contributed by atoms with Gasteiger partial charge in [0.1, 0.15) is 0 Å². The summed E-state index contributed by atoms with van der Waals surface area (Å²) in [5, 5.41) is 0. The first-order chi connectivity index (χ1) is 2.64. The molecule has 0 aromatic rings. The molecule has 0 saturated carbocycles. The van der Waals surface area contributed by atoms with E-state index < -0.39 is 0 Å². The Balaban J connectivity index is 0. The van der Waals surface area contributed by atoms with Crippen molar-refractivity contribution in [3.63, 3.8) is 0 Å². The fourth-order valence-corrected chi connectivity index (χ4v) is 0. The minimum Gasteiger partial charge on any atom is 1.00 e. The molecule has 0 aliphatic carbocycles. The van der Waals surface area contributed by atoms with Crippen LogP contribution in [0.3, 0.4) is 0 Å². The molecule has 7 heavy (non-hydrogen) atoms. The van der Waals surface area contributed by atoms with E-state index in [0.717, 1.165) is 3.89 Å². The van der Waals surface area contributed by atoms with Crippen LogP contribution >= 0.6 is 12.2 Å². The fourth-order valence-electron chi connectivity index (χ4n) is 0. The first-order valence-electron chi connectivity index (χ1n) is 1.53.